The number of rotatable bonds is 7. The molecule has 0 spiro atoms. The Bertz CT molecular complexity index is 1490. The molecule has 0 atom stereocenters. The molecule has 0 bridgehead atoms. The number of aromatic nitrogens is 3. The number of pyridine rings is 3. The highest BCUT2D eigenvalue weighted by Crippen LogP contribution is 2.29. The Hall–Kier alpha value is -4.55. The lowest BCUT2D eigenvalue weighted by Crippen LogP contribution is -2.23. The third-order valence-corrected chi connectivity index (χ3v) is 5.07. The topological polar surface area (TPSA) is 102 Å². The van der Waals surface area contributed by atoms with Gasteiger partial charge in [-0.2, -0.15) is 22.0 Å². The van der Waals surface area contributed by atoms with Gasteiger partial charge in [-0.05, 0) is 30.4 Å². The number of fused-ring (bicyclic) bond motifs is 1. The highest BCUT2D eigenvalue weighted by Gasteiger charge is 2.29. The molecule has 0 saturated carbocycles. The molecule has 0 amide bonds. The molecule has 0 fully saturated rings. The molecule has 0 radical (unpaired) electrons. The molecule has 0 unspecified atom stereocenters. The first-order chi connectivity index (χ1) is 17.6. The molecule has 0 saturated heterocycles. The average molecular weight is 519 g/mol. The van der Waals surface area contributed by atoms with Crippen molar-refractivity contribution in [3.05, 3.63) is 77.0 Å². The van der Waals surface area contributed by atoms with Crippen molar-refractivity contribution in [1.82, 2.24) is 19.9 Å². The lowest BCUT2D eigenvalue weighted by Gasteiger charge is -2.16. The van der Waals surface area contributed by atoms with Crippen LogP contribution in [0.5, 0.6) is 11.8 Å². The van der Waals surface area contributed by atoms with Crippen molar-refractivity contribution in [2.75, 3.05) is 13.7 Å². The average Bonchev–Trinajstić information content (AvgIpc) is 2.84. The summed E-state index contributed by atoms with van der Waals surface area (Å²) < 4.78 is 73.3. The number of hydrogen-bond acceptors (Lipinski definition) is 7. The lowest BCUT2D eigenvalue weighted by molar-refractivity contribution is -0.154. The molecule has 3 aromatic rings. The molecule has 0 aromatic carbocycles. The summed E-state index contributed by atoms with van der Waals surface area (Å²) in [4.78, 5) is 21.6. The standard InChI is InChI=1S/C24H18F5N5O3/c1-31-9-15-8-16(4-5-17(15)30)34-11-14-3-7-19(36-12-24(27,28)29)33-21(14)20(22(34)35)13-2-6-18(32-10-13)37-23(25)26/h2-11,23,30-31H,12H2,1H3/b15-9-,30-17?. The van der Waals surface area contributed by atoms with Crippen LogP contribution in [0.3, 0.4) is 0 Å². The molecule has 1 aliphatic rings. The van der Waals surface area contributed by atoms with Gasteiger partial charge in [0.05, 0.1) is 16.8 Å². The van der Waals surface area contributed by atoms with Crippen LogP contribution in [-0.2, 0) is 0 Å². The van der Waals surface area contributed by atoms with Crippen LogP contribution in [0.2, 0.25) is 0 Å². The van der Waals surface area contributed by atoms with Crippen LogP contribution in [0.1, 0.15) is 0 Å². The fourth-order valence-electron chi connectivity index (χ4n) is 3.53. The number of allylic oxidation sites excluding steroid dienone is 5. The Kier molecular flexibility index (Phi) is 7.05. The molecule has 37 heavy (non-hydrogen) atoms. The summed E-state index contributed by atoms with van der Waals surface area (Å²) >= 11 is 0. The van der Waals surface area contributed by atoms with E-state index >= 15 is 0 Å². The number of alkyl halides is 5. The van der Waals surface area contributed by atoms with Gasteiger partial charge in [-0.25, -0.2) is 9.97 Å². The summed E-state index contributed by atoms with van der Waals surface area (Å²) in [5.41, 5.74) is 0.603. The summed E-state index contributed by atoms with van der Waals surface area (Å²) in [7, 11) is 1.66. The van der Waals surface area contributed by atoms with Gasteiger partial charge in [0.25, 0.3) is 5.56 Å². The van der Waals surface area contributed by atoms with Crippen LogP contribution < -0.4 is 20.3 Å². The normalized spacial score (nSPS) is 14.8. The van der Waals surface area contributed by atoms with E-state index in [1.54, 1.807) is 25.4 Å². The minimum absolute atomic E-state index is 0.0179. The Morgan fingerprint density at radius 3 is 2.57 bits per heavy atom. The van der Waals surface area contributed by atoms with E-state index in [1.165, 1.54) is 35.0 Å². The van der Waals surface area contributed by atoms with Gasteiger partial charge in [0.2, 0.25) is 11.8 Å². The largest absolute Gasteiger partial charge is 0.468 e. The predicted octanol–water partition coefficient (Wildman–Crippen LogP) is 4.53. The van der Waals surface area contributed by atoms with Crippen molar-refractivity contribution in [2.24, 2.45) is 0 Å². The van der Waals surface area contributed by atoms with Crippen molar-refractivity contribution in [3.8, 4) is 22.9 Å². The minimum atomic E-state index is -4.60. The third-order valence-electron chi connectivity index (χ3n) is 5.07. The highest BCUT2D eigenvalue weighted by molar-refractivity contribution is 6.12. The molecule has 4 rings (SSSR count). The van der Waals surface area contributed by atoms with Crippen LogP contribution in [0.4, 0.5) is 22.0 Å². The summed E-state index contributed by atoms with van der Waals surface area (Å²) in [6.07, 6.45) is 4.21. The number of nitrogens with zero attached hydrogens (tertiary/aromatic N) is 3. The van der Waals surface area contributed by atoms with E-state index in [0.29, 0.717) is 16.7 Å². The zero-order valence-electron chi connectivity index (χ0n) is 19.0. The first-order valence-corrected chi connectivity index (χ1v) is 10.6. The van der Waals surface area contributed by atoms with Crippen LogP contribution in [-0.4, -0.2) is 46.7 Å². The molecule has 3 heterocycles. The third kappa shape index (κ3) is 5.82. The van der Waals surface area contributed by atoms with Gasteiger partial charge < -0.3 is 20.2 Å². The van der Waals surface area contributed by atoms with E-state index in [9.17, 15) is 26.7 Å². The molecular weight excluding hydrogens is 501 g/mol. The fraction of sp³-hybridized carbons (Fsp3) is 0.167. The van der Waals surface area contributed by atoms with Crippen LogP contribution in [0.25, 0.3) is 27.7 Å². The Labute approximate surface area is 205 Å². The van der Waals surface area contributed by atoms with Crippen molar-refractivity contribution in [3.63, 3.8) is 0 Å². The first kappa shape index (κ1) is 25.5. The number of hydrogen-bond donors (Lipinski definition) is 2. The van der Waals surface area contributed by atoms with Crippen LogP contribution in [0.15, 0.2) is 71.5 Å². The summed E-state index contributed by atoms with van der Waals surface area (Å²) in [5, 5.41) is 11.2. The second-order valence-corrected chi connectivity index (χ2v) is 7.64. The molecule has 0 aliphatic heterocycles. The van der Waals surface area contributed by atoms with E-state index in [4.69, 9.17) is 10.1 Å². The first-order valence-electron chi connectivity index (χ1n) is 10.6. The lowest BCUT2D eigenvalue weighted by atomic mass is 10.0. The van der Waals surface area contributed by atoms with Gasteiger partial charge in [0, 0.05) is 60.0 Å². The van der Waals surface area contributed by atoms with Crippen molar-refractivity contribution < 1.29 is 31.4 Å². The van der Waals surface area contributed by atoms with E-state index in [-0.39, 0.29) is 34.1 Å². The summed E-state index contributed by atoms with van der Waals surface area (Å²) in [5.74, 6) is -0.752. The van der Waals surface area contributed by atoms with Gasteiger partial charge in [-0.15, -0.1) is 0 Å². The minimum Gasteiger partial charge on any atom is -0.468 e. The SMILES string of the molecule is CN/C=C1/C=C(n2cc3ccc(OCC(F)(F)F)nc3c(-c3ccc(OC(F)F)nc3)c2=O)C=CC1=N. The second kappa shape index (κ2) is 10.2. The van der Waals surface area contributed by atoms with E-state index in [0.717, 1.165) is 12.3 Å². The summed E-state index contributed by atoms with van der Waals surface area (Å²) in [6, 6.07) is 5.11. The fourth-order valence-corrected chi connectivity index (χ4v) is 3.53. The van der Waals surface area contributed by atoms with Gasteiger partial charge in [-0.1, -0.05) is 0 Å². The van der Waals surface area contributed by atoms with Gasteiger partial charge >= 0.3 is 12.8 Å². The molecular formula is C24H18F5N5O3. The zero-order valence-corrected chi connectivity index (χ0v) is 19.0. The molecule has 2 N–H and O–H groups in total. The smallest absolute Gasteiger partial charge is 0.422 e. The van der Waals surface area contributed by atoms with E-state index < -0.39 is 25.0 Å². The van der Waals surface area contributed by atoms with E-state index in [2.05, 4.69) is 20.0 Å². The number of nitrogens with one attached hydrogen (secondary N) is 2. The van der Waals surface area contributed by atoms with Gasteiger partial charge in [0.15, 0.2) is 6.61 Å². The van der Waals surface area contributed by atoms with Gasteiger partial charge in [-0.3, -0.25) is 9.36 Å². The Morgan fingerprint density at radius 1 is 1.16 bits per heavy atom. The van der Waals surface area contributed by atoms with Crippen molar-refractivity contribution in [2.45, 2.75) is 12.8 Å². The monoisotopic (exact) mass is 519 g/mol. The predicted molar refractivity (Wildman–Crippen MR) is 126 cm³/mol. The maximum atomic E-state index is 13.7. The highest BCUT2D eigenvalue weighted by atomic mass is 19.4. The molecule has 192 valence electrons. The summed E-state index contributed by atoms with van der Waals surface area (Å²) in [6.45, 7) is -4.68. The Balaban J connectivity index is 1.91. The Morgan fingerprint density at radius 2 is 1.92 bits per heavy atom. The van der Waals surface area contributed by atoms with Gasteiger partial charge in [0.1, 0.15) is 0 Å². The maximum absolute atomic E-state index is 13.7. The number of ether oxygens (including phenoxy) is 2. The molecule has 3 aromatic heterocycles. The van der Waals surface area contributed by atoms with E-state index in [1.807, 2.05) is 0 Å². The van der Waals surface area contributed by atoms with Crippen molar-refractivity contribution in [1.29, 1.82) is 5.41 Å². The molecule has 1 aliphatic carbocycles. The van der Waals surface area contributed by atoms with Crippen LogP contribution >= 0.6 is 0 Å². The quantitative estimate of drug-likeness (QED) is 0.445. The zero-order chi connectivity index (χ0) is 26.7. The molecule has 8 nitrogen and oxygen atoms in total. The number of halogens is 5. The second-order valence-electron chi connectivity index (χ2n) is 7.64. The van der Waals surface area contributed by atoms with Crippen molar-refractivity contribution >= 4 is 22.3 Å². The molecule has 13 heteroatoms. The maximum Gasteiger partial charge on any atom is 0.422 e. The van der Waals surface area contributed by atoms with Crippen LogP contribution in [0, 0.1) is 5.41 Å².